The first-order valence-electron chi connectivity index (χ1n) is 5.48. The van der Waals surface area contributed by atoms with Gasteiger partial charge in [-0.1, -0.05) is 0 Å². The molecule has 0 aromatic carbocycles. The van der Waals surface area contributed by atoms with E-state index in [0.717, 1.165) is 15.8 Å². The number of nitrogens with zero attached hydrogens (tertiary/aromatic N) is 5. The van der Waals surface area contributed by atoms with E-state index < -0.39 is 10.8 Å². The van der Waals surface area contributed by atoms with Gasteiger partial charge in [0.05, 0.1) is 23.0 Å². The highest BCUT2D eigenvalue weighted by Crippen LogP contribution is 2.13. The average Bonchev–Trinajstić information content (AvgIpc) is 2.95. The van der Waals surface area contributed by atoms with Gasteiger partial charge in [0.2, 0.25) is 5.16 Å². The molecule has 0 spiro atoms. The van der Waals surface area contributed by atoms with E-state index in [1.54, 1.807) is 17.2 Å². The average molecular weight is 340 g/mol. The summed E-state index contributed by atoms with van der Waals surface area (Å²) in [6.07, 6.45) is 7.03. The minimum absolute atomic E-state index is 0.457. The second-order valence-electron chi connectivity index (χ2n) is 4.04. The molecule has 3 aromatic heterocycles. The third-order valence-corrected chi connectivity index (χ3v) is 3.93. The molecule has 0 bridgehead atoms. The third kappa shape index (κ3) is 2.45. The molecule has 8 heteroatoms. The molecule has 3 rings (SSSR count). The molecule has 0 aliphatic rings. The first-order chi connectivity index (χ1) is 9.13. The van der Waals surface area contributed by atoms with Crippen LogP contribution in [-0.4, -0.2) is 34.6 Å². The minimum atomic E-state index is -1.16. The van der Waals surface area contributed by atoms with E-state index in [2.05, 4.69) is 31.1 Å². The van der Waals surface area contributed by atoms with Gasteiger partial charge < -0.3 is 8.97 Å². The van der Waals surface area contributed by atoms with Crippen molar-refractivity contribution in [2.24, 2.45) is 0 Å². The van der Waals surface area contributed by atoms with Crippen molar-refractivity contribution in [2.75, 3.05) is 6.26 Å². The standard InChI is InChI=1S/C11H10BrN5OS/c1-19(18)11-15-13-7-17(11)6-9-5-16-4-8(12)2-3-10(16)14-9/h2-5,7H,6H2,1H3. The molecule has 3 heterocycles. The Bertz CT molecular complexity index is 765. The predicted octanol–water partition coefficient (Wildman–Crippen LogP) is 1.47. The van der Waals surface area contributed by atoms with Crippen LogP contribution in [0, 0.1) is 0 Å². The number of aromatic nitrogens is 5. The lowest BCUT2D eigenvalue weighted by atomic mass is 10.5. The molecule has 0 fully saturated rings. The van der Waals surface area contributed by atoms with Crippen LogP contribution in [0.25, 0.3) is 5.65 Å². The van der Waals surface area contributed by atoms with Crippen LogP contribution in [0.3, 0.4) is 0 Å². The summed E-state index contributed by atoms with van der Waals surface area (Å²) in [6, 6.07) is 3.87. The van der Waals surface area contributed by atoms with Crippen LogP contribution < -0.4 is 0 Å². The molecule has 1 atom stereocenters. The van der Waals surface area contributed by atoms with Gasteiger partial charge in [-0.25, -0.2) is 4.98 Å². The monoisotopic (exact) mass is 339 g/mol. The first-order valence-corrected chi connectivity index (χ1v) is 7.83. The van der Waals surface area contributed by atoms with E-state index >= 15 is 0 Å². The number of imidazole rings is 1. The number of hydrogen-bond acceptors (Lipinski definition) is 4. The van der Waals surface area contributed by atoms with E-state index in [9.17, 15) is 4.21 Å². The van der Waals surface area contributed by atoms with E-state index in [4.69, 9.17) is 0 Å². The molecule has 0 aliphatic heterocycles. The van der Waals surface area contributed by atoms with Gasteiger partial charge in [-0.15, -0.1) is 10.2 Å². The molecule has 6 nitrogen and oxygen atoms in total. The molecule has 1 unspecified atom stereocenters. The van der Waals surface area contributed by atoms with Crippen molar-refractivity contribution >= 4 is 32.4 Å². The van der Waals surface area contributed by atoms with E-state index in [0.29, 0.717) is 11.7 Å². The van der Waals surface area contributed by atoms with Crippen LogP contribution in [0.2, 0.25) is 0 Å². The highest BCUT2D eigenvalue weighted by Gasteiger charge is 2.10. The lowest BCUT2D eigenvalue weighted by Gasteiger charge is -2.00. The number of pyridine rings is 1. The molecule has 0 radical (unpaired) electrons. The Kier molecular flexibility index (Phi) is 3.19. The SMILES string of the molecule is CS(=O)c1nncn1Cc1cn2cc(Br)ccc2n1. The van der Waals surface area contributed by atoms with Crippen LogP contribution >= 0.6 is 15.9 Å². The predicted molar refractivity (Wildman–Crippen MR) is 74.3 cm³/mol. The van der Waals surface area contributed by atoms with Gasteiger partial charge in [0, 0.05) is 23.1 Å². The molecular weight excluding hydrogens is 330 g/mol. The Morgan fingerprint density at radius 3 is 3.00 bits per heavy atom. The summed E-state index contributed by atoms with van der Waals surface area (Å²) in [5, 5.41) is 8.09. The number of rotatable bonds is 3. The topological polar surface area (TPSA) is 65.1 Å². The fraction of sp³-hybridized carbons (Fsp3) is 0.182. The van der Waals surface area contributed by atoms with Gasteiger partial charge in [-0.2, -0.15) is 0 Å². The van der Waals surface area contributed by atoms with Crippen molar-refractivity contribution < 1.29 is 4.21 Å². The van der Waals surface area contributed by atoms with Crippen molar-refractivity contribution in [3.05, 3.63) is 41.0 Å². The smallest absolute Gasteiger partial charge is 0.221 e. The maximum Gasteiger partial charge on any atom is 0.221 e. The van der Waals surface area contributed by atoms with Gasteiger partial charge in [0.25, 0.3) is 0 Å². The lowest BCUT2D eigenvalue weighted by Crippen LogP contribution is -2.05. The van der Waals surface area contributed by atoms with E-state index in [1.807, 2.05) is 28.9 Å². The molecule has 19 heavy (non-hydrogen) atoms. The maximum absolute atomic E-state index is 11.5. The van der Waals surface area contributed by atoms with Crippen molar-refractivity contribution in [3.63, 3.8) is 0 Å². The number of fused-ring (bicyclic) bond motifs is 1. The molecule has 0 saturated carbocycles. The number of halogens is 1. The quantitative estimate of drug-likeness (QED) is 0.724. The minimum Gasteiger partial charge on any atom is -0.306 e. The van der Waals surface area contributed by atoms with Crippen molar-refractivity contribution in [1.29, 1.82) is 0 Å². The van der Waals surface area contributed by atoms with Crippen LogP contribution in [0.15, 0.2) is 40.5 Å². The van der Waals surface area contributed by atoms with Crippen LogP contribution in [0.4, 0.5) is 0 Å². The van der Waals surface area contributed by atoms with Gasteiger partial charge in [0.15, 0.2) is 0 Å². The van der Waals surface area contributed by atoms with Crippen LogP contribution in [0.1, 0.15) is 5.69 Å². The molecule has 0 saturated heterocycles. The fourth-order valence-electron chi connectivity index (χ4n) is 1.84. The number of hydrogen-bond donors (Lipinski definition) is 0. The molecule has 98 valence electrons. The zero-order chi connectivity index (χ0) is 13.4. The van der Waals surface area contributed by atoms with Crippen molar-refractivity contribution in [1.82, 2.24) is 24.1 Å². The van der Waals surface area contributed by atoms with Crippen molar-refractivity contribution in [3.8, 4) is 0 Å². The fourth-order valence-corrected chi connectivity index (χ4v) is 2.80. The second-order valence-corrected chi connectivity index (χ2v) is 6.23. The first kappa shape index (κ1) is 12.5. The van der Waals surface area contributed by atoms with E-state index in [-0.39, 0.29) is 0 Å². The lowest BCUT2D eigenvalue weighted by molar-refractivity contribution is 0.649. The molecular formula is C11H10BrN5OS. The Labute approximate surface area is 120 Å². The Hall–Kier alpha value is -1.54. The molecule has 0 amide bonds. The maximum atomic E-state index is 11.5. The van der Waals surface area contributed by atoms with Gasteiger partial charge in [-0.05, 0) is 28.1 Å². The Balaban J connectivity index is 1.97. The van der Waals surface area contributed by atoms with Gasteiger partial charge in [0.1, 0.15) is 12.0 Å². The Morgan fingerprint density at radius 1 is 1.37 bits per heavy atom. The summed E-state index contributed by atoms with van der Waals surface area (Å²) in [5.41, 5.74) is 1.73. The summed E-state index contributed by atoms with van der Waals surface area (Å²) < 4.78 is 16.2. The molecule has 0 N–H and O–H groups in total. The van der Waals surface area contributed by atoms with E-state index in [1.165, 1.54) is 0 Å². The highest BCUT2D eigenvalue weighted by molar-refractivity contribution is 9.10. The van der Waals surface area contributed by atoms with Crippen LogP contribution in [0.5, 0.6) is 0 Å². The zero-order valence-electron chi connectivity index (χ0n) is 10.0. The zero-order valence-corrected chi connectivity index (χ0v) is 12.4. The molecule has 0 aliphatic carbocycles. The normalized spacial score (nSPS) is 12.9. The summed E-state index contributed by atoms with van der Waals surface area (Å²) in [4.78, 5) is 4.50. The highest BCUT2D eigenvalue weighted by atomic mass is 79.9. The third-order valence-electron chi connectivity index (χ3n) is 2.63. The van der Waals surface area contributed by atoms with Gasteiger partial charge >= 0.3 is 0 Å². The Morgan fingerprint density at radius 2 is 2.21 bits per heavy atom. The summed E-state index contributed by atoms with van der Waals surface area (Å²) in [7, 11) is -1.16. The molecule has 3 aromatic rings. The van der Waals surface area contributed by atoms with Crippen molar-refractivity contribution in [2.45, 2.75) is 11.7 Å². The summed E-state index contributed by atoms with van der Waals surface area (Å²) in [5.74, 6) is 0. The van der Waals surface area contributed by atoms with Gasteiger partial charge in [-0.3, -0.25) is 4.21 Å². The summed E-state index contributed by atoms with van der Waals surface area (Å²) in [6.45, 7) is 0.501. The second kappa shape index (κ2) is 4.86. The largest absolute Gasteiger partial charge is 0.306 e. The van der Waals surface area contributed by atoms with Crippen LogP contribution in [-0.2, 0) is 17.3 Å². The summed E-state index contributed by atoms with van der Waals surface area (Å²) >= 11 is 3.42.